The zero-order chi connectivity index (χ0) is 24.8. The first-order valence-electron chi connectivity index (χ1n) is 11.1. The summed E-state index contributed by atoms with van der Waals surface area (Å²) >= 11 is 0. The Kier molecular flexibility index (Phi) is 8.76. The summed E-state index contributed by atoms with van der Waals surface area (Å²) in [7, 11) is 0. The number of nitrogens with zero attached hydrogens (tertiary/aromatic N) is 1. The van der Waals surface area contributed by atoms with Crippen molar-refractivity contribution in [2.45, 2.75) is 66.7 Å². The average Bonchev–Trinajstić information content (AvgIpc) is 2.72. The van der Waals surface area contributed by atoms with Crippen molar-refractivity contribution < 1.29 is 19.1 Å². The Bertz CT molecular complexity index is 1010. The smallest absolute Gasteiger partial charge is 0.407 e. The quantitative estimate of drug-likeness (QED) is 0.438. The maximum atomic E-state index is 12.4. The molecule has 0 atom stereocenters. The molecule has 2 rings (SSSR count). The number of ether oxygens (including phenoxy) is 2. The van der Waals surface area contributed by atoms with E-state index < -0.39 is 17.7 Å². The van der Waals surface area contributed by atoms with Crippen LogP contribution in [-0.2, 0) is 29.0 Å². The number of pyridine rings is 1. The van der Waals surface area contributed by atoms with Gasteiger partial charge in [-0.1, -0.05) is 44.7 Å². The molecule has 0 saturated heterocycles. The molecule has 0 fully saturated rings. The van der Waals surface area contributed by atoms with Gasteiger partial charge in [-0.25, -0.2) is 9.59 Å². The van der Waals surface area contributed by atoms with Gasteiger partial charge < -0.3 is 20.5 Å². The van der Waals surface area contributed by atoms with Crippen molar-refractivity contribution in [2.24, 2.45) is 11.7 Å². The highest BCUT2D eigenvalue weighted by molar-refractivity contribution is 5.87. The molecular formula is C26H35N3O4. The first-order chi connectivity index (χ1) is 15.4. The molecule has 1 aromatic carbocycles. The van der Waals surface area contributed by atoms with Gasteiger partial charge in [0.15, 0.2) is 5.75 Å². The molecule has 3 N–H and O–H groups in total. The minimum atomic E-state index is -0.623. The van der Waals surface area contributed by atoms with Crippen LogP contribution in [0.3, 0.4) is 0 Å². The summed E-state index contributed by atoms with van der Waals surface area (Å²) in [6.07, 6.45) is 1.27. The Morgan fingerprint density at radius 3 is 2.36 bits per heavy atom. The van der Waals surface area contributed by atoms with Gasteiger partial charge in [-0.3, -0.25) is 4.98 Å². The minimum Gasteiger partial charge on any atom is -0.444 e. The molecule has 178 valence electrons. The maximum absolute atomic E-state index is 12.4. The fourth-order valence-corrected chi connectivity index (χ4v) is 3.38. The third kappa shape index (κ3) is 7.43. The van der Waals surface area contributed by atoms with E-state index in [1.54, 1.807) is 6.92 Å². The summed E-state index contributed by atoms with van der Waals surface area (Å²) in [6, 6.07) is 7.71. The second-order valence-electron chi connectivity index (χ2n) is 9.31. The zero-order valence-electron chi connectivity index (χ0n) is 20.5. The summed E-state index contributed by atoms with van der Waals surface area (Å²) in [5, 5.41) is 2.83. The number of nitrogens with one attached hydrogen (secondary N) is 1. The minimum absolute atomic E-state index is 0.164. The van der Waals surface area contributed by atoms with Crippen LogP contribution >= 0.6 is 0 Å². The number of aryl methyl sites for hydroxylation is 1. The molecule has 0 bridgehead atoms. The Balaban J connectivity index is 2.68. The van der Waals surface area contributed by atoms with Gasteiger partial charge in [-0.15, -0.1) is 0 Å². The van der Waals surface area contributed by atoms with E-state index in [2.05, 4.69) is 25.7 Å². The van der Waals surface area contributed by atoms with E-state index in [0.29, 0.717) is 35.9 Å². The lowest BCUT2D eigenvalue weighted by atomic mass is 9.92. The summed E-state index contributed by atoms with van der Waals surface area (Å²) in [6.45, 7) is 15.5. The molecule has 7 nitrogen and oxygen atoms in total. The number of carbonyl (C=O) groups excluding carboxylic acids is 2. The Hall–Kier alpha value is -3.19. The van der Waals surface area contributed by atoms with Crippen LogP contribution in [0.15, 0.2) is 36.9 Å². The van der Waals surface area contributed by atoms with Gasteiger partial charge in [-0.2, -0.15) is 0 Å². The highest BCUT2D eigenvalue weighted by Crippen LogP contribution is 2.38. The van der Waals surface area contributed by atoms with E-state index in [1.165, 1.54) is 0 Å². The number of alkyl carbamates (subject to hydrolysis) is 1. The van der Waals surface area contributed by atoms with Crippen LogP contribution < -0.4 is 15.8 Å². The van der Waals surface area contributed by atoms with Gasteiger partial charge in [0, 0.05) is 36.0 Å². The number of esters is 1. The van der Waals surface area contributed by atoms with E-state index >= 15 is 0 Å². The molecule has 33 heavy (non-hydrogen) atoms. The van der Waals surface area contributed by atoms with Gasteiger partial charge in [0.25, 0.3) is 0 Å². The van der Waals surface area contributed by atoms with Gasteiger partial charge in [0.05, 0.1) is 5.69 Å². The predicted molar refractivity (Wildman–Crippen MR) is 130 cm³/mol. The highest BCUT2D eigenvalue weighted by atomic mass is 16.6. The van der Waals surface area contributed by atoms with Crippen molar-refractivity contribution in [1.29, 1.82) is 0 Å². The lowest BCUT2D eigenvalue weighted by molar-refractivity contribution is -0.129. The molecule has 0 radical (unpaired) electrons. The van der Waals surface area contributed by atoms with Crippen LogP contribution in [-0.4, -0.2) is 22.6 Å². The molecule has 0 saturated carbocycles. The Morgan fingerprint density at radius 1 is 1.21 bits per heavy atom. The first kappa shape index (κ1) is 26.1. The second-order valence-corrected chi connectivity index (χ2v) is 9.31. The van der Waals surface area contributed by atoms with Crippen LogP contribution in [0, 0.1) is 12.8 Å². The number of hydrogen-bond acceptors (Lipinski definition) is 6. The van der Waals surface area contributed by atoms with Crippen LogP contribution in [0.5, 0.6) is 5.75 Å². The fourth-order valence-electron chi connectivity index (χ4n) is 3.38. The number of rotatable bonds is 8. The fraction of sp³-hybridized carbons (Fsp3) is 0.423. The molecule has 0 unspecified atom stereocenters. The second kappa shape index (κ2) is 11.1. The van der Waals surface area contributed by atoms with Crippen molar-refractivity contribution >= 4 is 12.1 Å². The molecule has 0 aliphatic heterocycles. The van der Waals surface area contributed by atoms with Crippen LogP contribution in [0.25, 0.3) is 11.1 Å². The van der Waals surface area contributed by atoms with Crippen LogP contribution in [0.2, 0.25) is 0 Å². The number of benzene rings is 1. The van der Waals surface area contributed by atoms with Crippen molar-refractivity contribution in [3.05, 3.63) is 59.4 Å². The predicted octanol–water partition coefficient (Wildman–Crippen LogP) is 4.83. The van der Waals surface area contributed by atoms with Crippen LogP contribution in [0.4, 0.5) is 4.79 Å². The lowest BCUT2D eigenvalue weighted by Crippen LogP contribution is -2.32. The zero-order valence-corrected chi connectivity index (χ0v) is 20.5. The number of carbonyl (C=O) groups is 2. The third-order valence-corrected chi connectivity index (χ3v) is 4.77. The van der Waals surface area contributed by atoms with Gasteiger partial charge >= 0.3 is 12.1 Å². The number of nitrogens with two attached hydrogens (primary N) is 1. The topological polar surface area (TPSA) is 104 Å². The molecule has 7 heteroatoms. The first-order valence-corrected chi connectivity index (χ1v) is 11.1. The molecule has 1 aromatic heterocycles. The highest BCUT2D eigenvalue weighted by Gasteiger charge is 2.24. The molecule has 2 aromatic rings. The summed E-state index contributed by atoms with van der Waals surface area (Å²) < 4.78 is 11.0. The number of aromatic nitrogens is 1. The van der Waals surface area contributed by atoms with Crippen LogP contribution in [0.1, 0.15) is 57.1 Å². The van der Waals surface area contributed by atoms with Gasteiger partial charge in [0.1, 0.15) is 5.60 Å². The molecule has 0 aliphatic carbocycles. The standard InChI is InChI=1S/C26H35N3O4/c1-8-22(30)32-24-17(4)29-21(13-16(2)3)20(15-28-25(31)33-26(5,6)7)23(24)19-11-9-18(14-27)10-12-19/h8-12,16H,1,13-15,27H2,2-7H3,(H,28,31). The molecule has 0 aliphatic rings. The summed E-state index contributed by atoms with van der Waals surface area (Å²) in [5.74, 6) is 0.0856. The molecule has 1 amide bonds. The van der Waals surface area contributed by atoms with Gasteiger partial charge in [-0.05, 0) is 51.2 Å². The van der Waals surface area contributed by atoms with E-state index in [9.17, 15) is 9.59 Å². The van der Waals surface area contributed by atoms with Crippen molar-refractivity contribution in [3.63, 3.8) is 0 Å². The average molecular weight is 454 g/mol. The molecular weight excluding hydrogens is 418 g/mol. The summed E-state index contributed by atoms with van der Waals surface area (Å²) in [5.41, 5.74) is 9.83. The van der Waals surface area contributed by atoms with Crippen molar-refractivity contribution in [1.82, 2.24) is 10.3 Å². The Labute approximate surface area is 196 Å². The Morgan fingerprint density at radius 2 is 1.85 bits per heavy atom. The number of hydrogen-bond donors (Lipinski definition) is 2. The maximum Gasteiger partial charge on any atom is 0.407 e. The van der Waals surface area contributed by atoms with Crippen molar-refractivity contribution in [3.8, 4) is 16.9 Å². The molecule has 0 spiro atoms. The van der Waals surface area contributed by atoms with E-state index in [-0.39, 0.29) is 6.54 Å². The third-order valence-electron chi connectivity index (χ3n) is 4.77. The van der Waals surface area contributed by atoms with E-state index in [0.717, 1.165) is 28.5 Å². The lowest BCUT2D eigenvalue weighted by Gasteiger charge is -2.23. The SMILES string of the molecule is C=CC(=O)Oc1c(C)nc(CC(C)C)c(CNC(=O)OC(C)(C)C)c1-c1ccc(CN)cc1. The van der Waals surface area contributed by atoms with Crippen molar-refractivity contribution in [2.75, 3.05) is 0 Å². The summed E-state index contributed by atoms with van der Waals surface area (Å²) in [4.78, 5) is 29.3. The largest absolute Gasteiger partial charge is 0.444 e. The van der Waals surface area contributed by atoms with Gasteiger partial charge in [0.2, 0.25) is 0 Å². The van der Waals surface area contributed by atoms with E-state index in [4.69, 9.17) is 20.2 Å². The molecule has 1 heterocycles. The van der Waals surface area contributed by atoms with E-state index in [1.807, 2.05) is 45.0 Å². The monoisotopic (exact) mass is 453 g/mol. The normalized spacial score (nSPS) is 11.3. The number of amides is 1.